The van der Waals surface area contributed by atoms with Crippen molar-refractivity contribution in [3.8, 4) is 0 Å². The molecule has 0 bridgehead atoms. The first kappa shape index (κ1) is 23.5. The number of alkyl halides is 3. The number of benzene rings is 1. The van der Waals surface area contributed by atoms with E-state index in [-0.39, 0.29) is 18.8 Å². The summed E-state index contributed by atoms with van der Waals surface area (Å²) in [5.74, 6) is -0.339. The maximum atomic E-state index is 13.4. The van der Waals surface area contributed by atoms with Crippen molar-refractivity contribution < 1.29 is 18.0 Å². The van der Waals surface area contributed by atoms with Crippen LogP contribution < -0.4 is 11.1 Å². The van der Waals surface area contributed by atoms with Gasteiger partial charge in [-0.1, -0.05) is 17.7 Å². The van der Waals surface area contributed by atoms with Crippen LogP contribution in [0.3, 0.4) is 0 Å². The summed E-state index contributed by atoms with van der Waals surface area (Å²) in [6.07, 6.45) is -3.19. The number of nitrogen functional groups attached to an aromatic ring is 1. The summed E-state index contributed by atoms with van der Waals surface area (Å²) >= 11 is 6.00. The maximum Gasteiger partial charge on any atom is 0.435 e. The molecule has 1 amide bonds. The summed E-state index contributed by atoms with van der Waals surface area (Å²) in [6.45, 7) is 3.59. The number of nitrogens with two attached hydrogens (primary N) is 1. The van der Waals surface area contributed by atoms with Gasteiger partial charge in [-0.2, -0.15) is 18.3 Å². The molecule has 0 aliphatic rings. The first-order valence-corrected chi connectivity index (χ1v) is 10.6. The highest BCUT2D eigenvalue weighted by Gasteiger charge is 2.36. The largest absolute Gasteiger partial charge is 0.435 e. The number of halogens is 4. The van der Waals surface area contributed by atoms with Crippen molar-refractivity contribution in [2.75, 3.05) is 5.73 Å². The second-order valence-electron chi connectivity index (χ2n) is 7.86. The Morgan fingerprint density at radius 3 is 2.65 bits per heavy atom. The van der Waals surface area contributed by atoms with Crippen molar-refractivity contribution in [3.63, 3.8) is 0 Å². The Labute approximate surface area is 197 Å². The summed E-state index contributed by atoms with van der Waals surface area (Å²) in [6, 6.07) is 9.31. The lowest BCUT2D eigenvalue weighted by Gasteiger charge is -2.12. The number of anilines is 1. The van der Waals surface area contributed by atoms with Gasteiger partial charge in [0.1, 0.15) is 11.5 Å². The van der Waals surface area contributed by atoms with Crippen LogP contribution in [0.1, 0.15) is 38.6 Å². The molecule has 0 atom stereocenters. The van der Waals surface area contributed by atoms with Crippen LogP contribution in [0.5, 0.6) is 0 Å². The summed E-state index contributed by atoms with van der Waals surface area (Å²) < 4.78 is 41.2. The summed E-state index contributed by atoms with van der Waals surface area (Å²) in [5, 5.41) is 7.49. The number of nitrogens with one attached hydrogen (secondary N) is 1. The number of pyridine rings is 2. The van der Waals surface area contributed by atoms with E-state index in [1.54, 1.807) is 37.3 Å². The van der Waals surface area contributed by atoms with Crippen molar-refractivity contribution >= 4 is 34.2 Å². The van der Waals surface area contributed by atoms with Gasteiger partial charge in [0.2, 0.25) is 0 Å². The third kappa shape index (κ3) is 4.96. The summed E-state index contributed by atoms with van der Waals surface area (Å²) in [4.78, 5) is 21.3. The fraction of sp³-hybridized carbons (Fsp3) is 0.217. The van der Waals surface area contributed by atoms with Crippen LogP contribution >= 0.6 is 11.6 Å². The molecule has 0 spiro atoms. The van der Waals surface area contributed by atoms with Crippen LogP contribution in [0.2, 0.25) is 5.02 Å². The van der Waals surface area contributed by atoms with Crippen LogP contribution in [0.15, 0.2) is 42.6 Å². The number of hydrogen-bond acceptors (Lipinski definition) is 5. The first-order valence-electron chi connectivity index (χ1n) is 10.2. The highest BCUT2D eigenvalue weighted by atomic mass is 35.5. The molecule has 4 rings (SSSR count). The third-order valence-corrected chi connectivity index (χ3v) is 5.55. The molecule has 34 heavy (non-hydrogen) atoms. The van der Waals surface area contributed by atoms with Gasteiger partial charge in [-0.3, -0.25) is 14.5 Å². The zero-order valence-corrected chi connectivity index (χ0v) is 19.0. The van der Waals surface area contributed by atoms with Crippen LogP contribution in [-0.2, 0) is 19.3 Å². The summed E-state index contributed by atoms with van der Waals surface area (Å²) in [5.41, 5.74) is 7.88. The lowest BCUT2D eigenvalue weighted by molar-refractivity contribution is -0.141. The lowest BCUT2D eigenvalue weighted by Crippen LogP contribution is -2.27. The Bertz CT molecular complexity index is 1380. The number of amides is 1. The highest BCUT2D eigenvalue weighted by Crippen LogP contribution is 2.29. The quantitative estimate of drug-likeness (QED) is 0.425. The van der Waals surface area contributed by atoms with E-state index in [0.29, 0.717) is 27.6 Å². The van der Waals surface area contributed by atoms with E-state index in [0.717, 1.165) is 27.3 Å². The molecular weight excluding hydrogens is 469 g/mol. The number of fused-ring (bicyclic) bond motifs is 1. The molecule has 7 nitrogen and oxygen atoms in total. The molecule has 0 fully saturated rings. The molecule has 176 valence electrons. The Hall–Kier alpha value is -3.66. The van der Waals surface area contributed by atoms with Gasteiger partial charge in [0, 0.05) is 29.9 Å². The molecule has 0 aliphatic carbocycles. The highest BCUT2D eigenvalue weighted by molar-refractivity contribution is 6.31. The number of carbonyl (C=O) groups excluding carboxylic acids is 1. The number of carbonyl (C=O) groups is 1. The molecule has 0 saturated heterocycles. The van der Waals surface area contributed by atoms with Crippen LogP contribution in [-0.4, -0.2) is 25.7 Å². The monoisotopic (exact) mass is 488 g/mol. The van der Waals surface area contributed by atoms with Crippen molar-refractivity contribution in [1.29, 1.82) is 0 Å². The predicted octanol–water partition coefficient (Wildman–Crippen LogP) is 4.68. The Balaban J connectivity index is 1.63. The molecule has 0 unspecified atom stereocenters. The van der Waals surface area contributed by atoms with Crippen molar-refractivity contribution in [3.05, 3.63) is 81.4 Å². The number of hydrogen-bond donors (Lipinski definition) is 2. The topological polar surface area (TPSA) is 98.7 Å². The van der Waals surface area contributed by atoms with Crippen LogP contribution in [0.25, 0.3) is 10.9 Å². The minimum atomic E-state index is -4.70. The molecule has 0 radical (unpaired) electrons. The van der Waals surface area contributed by atoms with E-state index in [4.69, 9.17) is 17.3 Å². The molecule has 1 aromatic carbocycles. The molecule has 3 heterocycles. The molecule has 3 N–H and O–H groups in total. The normalized spacial score (nSPS) is 11.7. The lowest BCUT2D eigenvalue weighted by atomic mass is 10.1. The van der Waals surface area contributed by atoms with Gasteiger partial charge >= 0.3 is 6.18 Å². The van der Waals surface area contributed by atoms with Gasteiger partial charge in [0.05, 0.1) is 17.1 Å². The molecule has 0 saturated carbocycles. The Morgan fingerprint density at radius 2 is 1.94 bits per heavy atom. The van der Waals surface area contributed by atoms with Crippen LogP contribution in [0.4, 0.5) is 19.0 Å². The van der Waals surface area contributed by atoms with E-state index in [9.17, 15) is 18.0 Å². The van der Waals surface area contributed by atoms with Gasteiger partial charge in [-0.15, -0.1) is 0 Å². The van der Waals surface area contributed by atoms with Gasteiger partial charge in [-0.25, -0.2) is 4.98 Å². The third-order valence-electron chi connectivity index (χ3n) is 5.35. The van der Waals surface area contributed by atoms with Crippen molar-refractivity contribution in [1.82, 2.24) is 25.1 Å². The SMILES string of the molecule is Cc1cc(N)nc(C)c1CNC(=O)c1cc(C(F)(F)F)nn1Cc1ccc2ncc(Cl)cc2c1. The average Bonchev–Trinajstić information content (AvgIpc) is 3.17. The fourth-order valence-corrected chi connectivity index (χ4v) is 3.86. The predicted molar refractivity (Wildman–Crippen MR) is 122 cm³/mol. The average molecular weight is 489 g/mol. The minimum absolute atomic E-state index is 0.0528. The number of aryl methyl sites for hydroxylation is 2. The first-order chi connectivity index (χ1) is 16.0. The minimum Gasteiger partial charge on any atom is -0.384 e. The van der Waals surface area contributed by atoms with E-state index >= 15 is 0 Å². The Kier molecular flexibility index (Phi) is 6.18. The van der Waals surface area contributed by atoms with Crippen molar-refractivity contribution in [2.24, 2.45) is 0 Å². The number of nitrogens with zero attached hydrogens (tertiary/aromatic N) is 4. The molecule has 0 aliphatic heterocycles. The maximum absolute atomic E-state index is 13.4. The fourth-order valence-electron chi connectivity index (χ4n) is 3.70. The smallest absolute Gasteiger partial charge is 0.384 e. The van der Waals surface area contributed by atoms with E-state index in [2.05, 4.69) is 20.4 Å². The second kappa shape index (κ2) is 8.94. The number of rotatable bonds is 5. The van der Waals surface area contributed by atoms with E-state index < -0.39 is 17.8 Å². The van der Waals surface area contributed by atoms with Gasteiger partial charge in [0.25, 0.3) is 5.91 Å². The zero-order chi connectivity index (χ0) is 24.6. The van der Waals surface area contributed by atoms with Crippen LogP contribution in [0, 0.1) is 13.8 Å². The number of aromatic nitrogens is 4. The molecular formula is C23H20ClF3N6O. The standard InChI is InChI=1S/C23H20ClF3N6O/c1-12-5-21(28)31-13(2)17(12)10-30-22(34)19-8-20(23(25,26)27)32-33(19)11-14-3-4-18-15(6-14)7-16(24)9-29-18/h3-9H,10-11H2,1-2H3,(H2,28,31)(H,30,34). The van der Waals surface area contributed by atoms with Gasteiger partial charge in [0.15, 0.2) is 5.69 Å². The van der Waals surface area contributed by atoms with Gasteiger partial charge in [-0.05, 0) is 54.8 Å². The zero-order valence-electron chi connectivity index (χ0n) is 18.2. The van der Waals surface area contributed by atoms with Gasteiger partial charge < -0.3 is 11.1 Å². The van der Waals surface area contributed by atoms with E-state index in [1.807, 2.05) is 6.92 Å². The van der Waals surface area contributed by atoms with Crippen molar-refractivity contribution in [2.45, 2.75) is 33.1 Å². The molecule has 3 aromatic heterocycles. The molecule has 4 aromatic rings. The summed E-state index contributed by atoms with van der Waals surface area (Å²) in [7, 11) is 0. The Morgan fingerprint density at radius 1 is 1.18 bits per heavy atom. The molecule has 11 heteroatoms. The van der Waals surface area contributed by atoms with E-state index in [1.165, 1.54) is 6.20 Å². The second-order valence-corrected chi connectivity index (χ2v) is 8.30.